The topological polar surface area (TPSA) is 121 Å². The minimum atomic E-state index is -0.270. The van der Waals surface area contributed by atoms with Crippen LogP contribution in [0.15, 0.2) is 24.3 Å². The molecule has 12 heteroatoms. The number of likely N-dealkylation sites (N-methyl/N-ethyl adjacent to an activating group) is 1. The van der Waals surface area contributed by atoms with Gasteiger partial charge in [0.25, 0.3) is 11.8 Å². The Labute approximate surface area is 231 Å². The van der Waals surface area contributed by atoms with Crippen LogP contribution in [0.2, 0.25) is 5.02 Å². The minimum Gasteiger partial charge on any atom is -0.483 e. The molecule has 5 heterocycles. The van der Waals surface area contributed by atoms with Crippen LogP contribution in [0.4, 0.5) is 11.6 Å². The van der Waals surface area contributed by atoms with Crippen LogP contribution in [0.25, 0.3) is 5.65 Å². The molecule has 0 spiro atoms. The molecule has 3 N–H and O–H groups in total. The maximum absolute atomic E-state index is 14.0. The molecule has 2 bridgehead atoms. The lowest BCUT2D eigenvalue weighted by Gasteiger charge is -2.39. The summed E-state index contributed by atoms with van der Waals surface area (Å²) in [5.74, 6) is 1.64. The van der Waals surface area contributed by atoms with Crippen LogP contribution in [0.3, 0.4) is 0 Å². The number of nitrogens with zero attached hydrogens (tertiary/aromatic N) is 6. The van der Waals surface area contributed by atoms with Crippen LogP contribution in [-0.4, -0.2) is 83.7 Å². The zero-order chi connectivity index (χ0) is 27.3. The second-order valence-corrected chi connectivity index (χ2v) is 11.0. The lowest BCUT2D eigenvalue weighted by atomic mass is 9.98. The molecule has 0 radical (unpaired) electrons. The summed E-state index contributed by atoms with van der Waals surface area (Å²) in [5, 5.41) is 8.37. The lowest BCUT2D eigenvalue weighted by molar-refractivity contribution is -0.123. The fourth-order valence-electron chi connectivity index (χ4n) is 5.78. The molecule has 206 valence electrons. The Hall–Kier alpha value is -3.57. The number of hydrogen-bond donors (Lipinski definition) is 2. The first kappa shape index (κ1) is 25.7. The van der Waals surface area contributed by atoms with Crippen LogP contribution in [0.5, 0.6) is 5.75 Å². The maximum Gasteiger partial charge on any atom is 0.258 e. The van der Waals surface area contributed by atoms with Gasteiger partial charge in [-0.1, -0.05) is 11.6 Å². The van der Waals surface area contributed by atoms with Crippen LogP contribution < -0.4 is 25.6 Å². The first-order valence-corrected chi connectivity index (χ1v) is 13.8. The molecule has 0 saturated carbocycles. The van der Waals surface area contributed by atoms with E-state index in [2.05, 4.69) is 15.1 Å². The van der Waals surface area contributed by atoms with Crippen molar-refractivity contribution in [3.8, 4) is 5.75 Å². The highest BCUT2D eigenvalue weighted by Crippen LogP contribution is 2.37. The van der Waals surface area contributed by atoms with E-state index in [9.17, 15) is 9.59 Å². The number of piperidine rings is 1. The molecule has 3 aliphatic heterocycles. The van der Waals surface area contributed by atoms with E-state index in [-0.39, 0.29) is 30.5 Å². The van der Waals surface area contributed by atoms with Crippen LogP contribution >= 0.6 is 11.6 Å². The van der Waals surface area contributed by atoms with Gasteiger partial charge in [-0.15, -0.1) is 0 Å². The summed E-state index contributed by atoms with van der Waals surface area (Å²) in [6, 6.07) is 6.81. The predicted molar refractivity (Wildman–Crippen MR) is 149 cm³/mol. The highest BCUT2D eigenvalue weighted by atomic mass is 35.5. The number of anilines is 2. The number of nitrogens with one attached hydrogen (secondary N) is 1. The minimum absolute atomic E-state index is 0.133. The second kappa shape index (κ2) is 10.2. The molecule has 39 heavy (non-hydrogen) atoms. The van der Waals surface area contributed by atoms with Gasteiger partial charge in [0, 0.05) is 62.5 Å². The number of halogens is 1. The summed E-state index contributed by atoms with van der Waals surface area (Å²) in [4.78, 5) is 37.7. The van der Waals surface area contributed by atoms with E-state index in [0.717, 1.165) is 55.2 Å². The normalized spacial score (nSPS) is 20.9. The van der Waals surface area contributed by atoms with Crippen molar-refractivity contribution in [3.05, 3.63) is 46.1 Å². The Morgan fingerprint density at radius 3 is 2.77 bits per heavy atom. The second-order valence-electron chi connectivity index (χ2n) is 10.6. The lowest BCUT2D eigenvalue weighted by Crippen LogP contribution is -2.56. The predicted octanol–water partition coefficient (Wildman–Crippen LogP) is 2.15. The van der Waals surface area contributed by atoms with Crippen molar-refractivity contribution in [1.82, 2.24) is 24.8 Å². The Balaban J connectivity index is 1.49. The Morgan fingerprint density at radius 2 is 1.97 bits per heavy atom. The number of carbonyl (C=O) groups is 2. The van der Waals surface area contributed by atoms with Crippen LogP contribution in [0, 0.1) is 6.92 Å². The molecule has 2 aromatic heterocycles. The van der Waals surface area contributed by atoms with Gasteiger partial charge in [0.15, 0.2) is 12.3 Å². The number of aromatic nitrogens is 3. The molecule has 6 rings (SSSR count). The number of fused-ring (bicyclic) bond motifs is 4. The van der Waals surface area contributed by atoms with Crippen molar-refractivity contribution in [2.24, 2.45) is 5.73 Å². The van der Waals surface area contributed by atoms with Gasteiger partial charge in [-0.25, -0.2) is 4.98 Å². The summed E-state index contributed by atoms with van der Waals surface area (Å²) in [7, 11) is 1.98. The van der Waals surface area contributed by atoms with Gasteiger partial charge < -0.3 is 30.5 Å². The highest BCUT2D eigenvalue weighted by molar-refractivity contribution is 6.31. The Morgan fingerprint density at radius 1 is 1.15 bits per heavy atom. The first-order valence-electron chi connectivity index (χ1n) is 13.4. The number of rotatable bonds is 1. The van der Waals surface area contributed by atoms with E-state index in [1.165, 1.54) is 0 Å². The molecular formula is C27H33ClN8O3. The van der Waals surface area contributed by atoms with Crippen molar-refractivity contribution in [2.45, 2.75) is 38.3 Å². The van der Waals surface area contributed by atoms with Crippen LogP contribution in [-0.2, 0) is 4.79 Å². The molecule has 3 aliphatic rings. The van der Waals surface area contributed by atoms with Crippen molar-refractivity contribution in [1.29, 1.82) is 0 Å². The summed E-state index contributed by atoms with van der Waals surface area (Å²) in [5.41, 5.74) is 8.92. The van der Waals surface area contributed by atoms with Gasteiger partial charge in [-0.3, -0.25) is 9.59 Å². The molecule has 2 saturated heterocycles. The third-order valence-corrected chi connectivity index (χ3v) is 8.01. The quantitative estimate of drug-likeness (QED) is 0.471. The molecule has 1 atom stereocenters. The molecular weight excluding hydrogens is 520 g/mol. The van der Waals surface area contributed by atoms with Crippen molar-refractivity contribution >= 4 is 40.7 Å². The maximum atomic E-state index is 14.0. The molecule has 2 amide bonds. The van der Waals surface area contributed by atoms with E-state index in [1.54, 1.807) is 18.2 Å². The number of benzene rings is 1. The van der Waals surface area contributed by atoms with Crippen molar-refractivity contribution < 1.29 is 14.3 Å². The molecule has 3 aromatic rings. The Kier molecular flexibility index (Phi) is 6.72. The third kappa shape index (κ3) is 4.74. The van der Waals surface area contributed by atoms with E-state index in [4.69, 9.17) is 32.2 Å². The van der Waals surface area contributed by atoms with Gasteiger partial charge in [-0.2, -0.15) is 9.61 Å². The summed E-state index contributed by atoms with van der Waals surface area (Å²) < 4.78 is 7.69. The van der Waals surface area contributed by atoms with Gasteiger partial charge in [0.05, 0.1) is 17.3 Å². The molecule has 11 nitrogen and oxygen atoms in total. The van der Waals surface area contributed by atoms with Gasteiger partial charge >= 0.3 is 0 Å². The fourth-order valence-corrected chi connectivity index (χ4v) is 5.95. The highest BCUT2D eigenvalue weighted by Gasteiger charge is 2.34. The molecule has 1 unspecified atom stereocenters. The fraction of sp³-hybridized carbons (Fsp3) is 0.481. The number of nitrogens with two attached hydrogens (primary N) is 1. The van der Waals surface area contributed by atoms with E-state index >= 15 is 0 Å². The smallest absolute Gasteiger partial charge is 0.258 e. The number of hydrogen-bond acceptors (Lipinski definition) is 8. The summed E-state index contributed by atoms with van der Waals surface area (Å²) in [6.07, 6.45) is 2.66. The largest absolute Gasteiger partial charge is 0.483 e. The van der Waals surface area contributed by atoms with E-state index < -0.39 is 0 Å². The standard InChI is InChI=1S/C27H33ClN8O3/c1-16-25(34-13-18(29)14-34)31-23-12-20-21-5-3-4-9-35(21)27(38)19-11-17(28)6-7-22(19)39-15-24(37)30-8-10-33(2)26(16)36(23)32-20/h6-7,11-12,18,21H,3-5,8-10,13-15,29H2,1-2H3,(H,30,37). The average Bonchev–Trinajstić information content (AvgIpc) is 3.32. The number of amides is 2. The van der Waals surface area contributed by atoms with Gasteiger partial charge in [0.1, 0.15) is 17.4 Å². The zero-order valence-electron chi connectivity index (χ0n) is 22.2. The Bertz CT molecular complexity index is 1440. The number of carbonyl (C=O) groups excluding carboxylic acids is 2. The average molecular weight is 553 g/mol. The summed E-state index contributed by atoms with van der Waals surface area (Å²) in [6.45, 7) is 4.88. The van der Waals surface area contributed by atoms with Gasteiger partial charge in [-0.05, 0) is 44.4 Å². The molecule has 2 fully saturated rings. The zero-order valence-corrected chi connectivity index (χ0v) is 22.9. The molecule has 1 aromatic carbocycles. The van der Waals surface area contributed by atoms with Gasteiger partial charge in [0.2, 0.25) is 0 Å². The van der Waals surface area contributed by atoms with Crippen molar-refractivity contribution in [3.63, 3.8) is 0 Å². The SMILES string of the molecule is Cc1c(N2CC(N)C2)nc2cc3nn2c1N(C)CCNC(=O)COc1ccc(Cl)cc1C(=O)N1CCCCC31. The van der Waals surface area contributed by atoms with Crippen LogP contribution in [0.1, 0.15) is 46.9 Å². The van der Waals surface area contributed by atoms with E-state index in [0.29, 0.717) is 41.6 Å². The van der Waals surface area contributed by atoms with E-state index in [1.807, 2.05) is 29.5 Å². The first-order chi connectivity index (χ1) is 18.8. The summed E-state index contributed by atoms with van der Waals surface area (Å²) >= 11 is 6.29. The monoisotopic (exact) mass is 552 g/mol. The molecule has 0 aliphatic carbocycles. The van der Waals surface area contributed by atoms with Crippen molar-refractivity contribution in [2.75, 3.05) is 56.2 Å². The third-order valence-electron chi connectivity index (χ3n) is 7.78. The number of ether oxygens (including phenoxy) is 1.